The molecule has 0 aliphatic carbocycles. The number of halogens is 6. The highest BCUT2D eigenvalue weighted by Crippen LogP contribution is 2.37. The lowest BCUT2D eigenvalue weighted by molar-refractivity contribution is -0.275. The van der Waals surface area contributed by atoms with Gasteiger partial charge in [-0.3, -0.25) is 0 Å². The molecule has 4 nitrogen and oxygen atoms in total. The number of hydrogen-bond acceptors (Lipinski definition) is 4. The topological polar surface area (TPSA) is 36.9 Å². The number of rotatable bonds is 8. The van der Waals surface area contributed by atoms with Gasteiger partial charge >= 0.3 is 20.4 Å². The van der Waals surface area contributed by atoms with Gasteiger partial charge in [0.15, 0.2) is 11.5 Å². The Balaban J connectivity index is 2.25. The van der Waals surface area contributed by atoms with E-state index in [9.17, 15) is 26.3 Å². The number of alkyl halides is 6. The summed E-state index contributed by atoms with van der Waals surface area (Å²) in [6.45, 7) is 7.28. The van der Waals surface area contributed by atoms with Crippen LogP contribution in [0.15, 0.2) is 36.4 Å². The predicted octanol–water partition coefficient (Wildman–Crippen LogP) is 6.72. The molecule has 2 aromatic carbocycles. The fourth-order valence-electron chi connectivity index (χ4n) is 2.50. The van der Waals surface area contributed by atoms with Crippen molar-refractivity contribution in [3.63, 3.8) is 0 Å². The summed E-state index contributed by atoms with van der Waals surface area (Å²) in [7, 11) is 0.616. The highest BCUT2D eigenvalue weighted by Gasteiger charge is 2.34. The molecule has 0 spiro atoms. The van der Waals surface area contributed by atoms with E-state index in [2.05, 4.69) is 9.47 Å². The third-order valence-corrected chi connectivity index (χ3v) is 4.07. The first-order chi connectivity index (χ1) is 14.2. The van der Waals surface area contributed by atoms with Crippen LogP contribution in [0.2, 0.25) is 0 Å². The normalized spacial score (nSPS) is 12.1. The van der Waals surface area contributed by atoms with Gasteiger partial charge in [-0.1, -0.05) is 39.8 Å². The summed E-state index contributed by atoms with van der Waals surface area (Å²) in [6, 6.07) is 7.71. The summed E-state index contributed by atoms with van der Waals surface area (Å²) < 4.78 is 94.1. The Morgan fingerprint density at radius 2 is 0.968 bits per heavy atom. The summed E-state index contributed by atoms with van der Waals surface area (Å²) in [5.41, 5.74) is 1.31. The zero-order valence-electron chi connectivity index (χ0n) is 17.1. The van der Waals surface area contributed by atoms with Crippen LogP contribution >= 0.6 is 0 Å². The molecular formula is C20H20BF6O4. The van der Waals surface area contributed by atoms with Gasteiger partial charge in [-0.05, 0) is 47.2 Å². The summed E-state index contributed by atoms with van der Waals surface area (Å²) in [5, 5.41) is 0. The molecule has 11 heteroatoms. The van der Waals surface area contributed by atoms with E-state index in [0.29, 0.717) is 18.8 Å². The molecule has 0 bridgehead atoms. The molecule has 0 unspecified atom stereocenters. The first-order valence-corrected chi connectivity index (χ1v) is 9.19. The van der Waals surface area contributed by atoms with Gasteiger partial charge in [-0.25, -0.2) is 0 Å². The van der Waals surface area contributed by atoms with E-state index in [-0.39, 0.29) is 23.3 Å². The van der Waals surface area contributed by atoms with Gasteiger partial charge in [0.05, 0.1) is 0 Å². The molecule has 0 saturated carbocycles. The van der Waals surface area contributed by atoms with Gasteiger partial charge in [0, 0.05) is 0 Å². The second-order valence-electron chi connectivity index (χ2n) is 7.15. The average molecular weight is 449 g/mol. The van der Waals surface area contributed by atoms with Crippen LogP contribution in [0.3, 0.4) is 0 Å². The molecule has 0 aliphatic heterocycles. The lowest BCUT2D eigenvalue weighted by Crippen LogP contribution is -2.20. The number of benzene rings is 2. The number of ether oxygens (including phenoxy) is 2. The van der Waals surface area contributed by atoms with Crippen LogP contribution in [0.1, 0.15) is 50.7 Å². The van der Waals surface area contributed by atoms with Crippen molar-refractivity contribution < 1.29 is 45.1 Å². The monoisotopic (exact) mass is 449 g/mol. The van der Waals surface area contributed by atoms with Crippen molar-refractivity contribution in [1.29, 1.82) is 0 Å². The van der Waals surface area contributed by atoms with Crippen molar-refractivity contribution in [3.05, 3.63) is 47.5 Å². The van der Waals surface area contributed by atoms with Gasteiger partial charge in [0.25, 0.3) is 0 Å². The minimum Gasteiger partial charge on any atom is -0.524 e. The maximum atomic E-state index is 12.7. The van der Waals surface area contributed by atoms with Crippen molar-refractivity contribution in [1.82, 2.24) is 0 Å². The van der Waals surface area contributed by atoms with Crippen LogP contribution in [0.4, 0.5) is 26.3 Å². The van der Waals surface area contributed by atoms with E-state index in [4.69, 9.17) is 9.31 Å². The molecule has 169 valence electrons. The third-order valence-electron chi connectivity index (χ3n) is 4.07. The van der Waals surface area contributed by atoms with Gasteiger partial charge in [-0.15, -0.1) is 26.3 Å². The minimum atomic E-state index is -4.96. The second kappa shape index (κ2) is 9.61. The summed E-state index contributed by atoms with van der Waals surface area (Å²) in [6.07, 6.45) is -9.92. The van der Waals surface area contributed by atoms with Crippen molar-refractivity contribution in [2.24, 2.45) is 0 Å². The summed E-state index contributed by atoms with van der Waals surface area (Å²) >= 11 is 0. The highest BCUT2D eigenvalue weighted by molar-refractivity contribution is 6.21. The maximum absolute atomic E-state index is 12.7. The zero-order valence-corrected chi connectivity index (χ0v) is 17.1. The standard InChI is InChI=1S/C20H20BF6O4/c1-11(2)13-5-7-15(28-19(22,23)24)17(9-13)30-21-31-18-10-14(12(3)4)6-8-16(18)29-20(25,26)27/h5-12H,1-4H3. The predicted molar refractivity (Wildman–Crippen MR) is 101 cm³/mol. The Morgan fingerprint density at radius 1 is 0.613 bits per heavy atom. The molecular weight excluding hydrogens is 429 g/mol. The lowest BCUT2D eigenvalue weighted by Gasteiger charge is -2.18. The molecule has 31 heavy (non-hydrogen) atoms. The molecule has 0 aromatic heterocycles. The first-order valence-electron chi connectivity index (χ1n) is 9.19. The van der Waals surface area contributed by atoms with E-state index < -0.39 is 24.2 Å². The van der Waals surface area contributed by atoms with Crippen molar-refractivity contribution >= 4 is 7.69 Å². The molecule has 0 aliphatic rings. The van der Waals surface area contributed by atoms with Crippen LogP contribution in [0.25, 0.3) is 0 Å². The van der Waals surface area contributed by atoms with Gasteiger partial charge in [0.1, 0.15) is 11.5 Å². The van der Waals surface area contributed by atoms with E-state index >= 15 is 0 Å². The van der Waals surface area contributed by atoms with Crippen LogP contribution in [-0.2, 0) is 0 Å². The first kappa shape index (κ1) is 24.6. The van der Waals surface area contributed by atoms with Crippen molar-refractivity contribution in [3.8, 4) is 23.0 Å². The molecule has 0 heterocycles. The van der Waals surface area contributed by atoms with E-state index in [0.717, 1.165) is 12.1 Å². The summed E-state index contributed by atoms with van der Waals surface area (Å²) in [5.74, 6) is -1.95. The highest BCUT2D eigenvalue weighted by atomic mass is 19.4. The SMILES string of the molecule is CC(C)c1ccc(OC(F)(F)F)c(O[B]Oc2cc(C(C)C)ccc2OC(F)(F)F)c1. The molecule has 0 atom stereocenters. The molecule has 2 aromatic rings. The van der Waals surface area contributed by atoms with Crippen molar-refractivity contribution in [2.45, 2.75) is 52.3 Å². The van der Waals surface area contributed by atoms with E-state index in [1.54, 1.807) is 0 Å². The van der Waals surface area contributed by atoms with Crippen LogP contribution in [-0.4, -0.2) is 20.4 Å². The van der Waals surface area contributed by atoms with Gasteiger partial charge < -0.3 is 18.8 Å². The number of hydrogen-bond donors (Lipinski definition) is 0. The molecule has 2 rings (SSSR count). The Labute approximate surface area is 176 Å². The zero-order chi connectivity index (χ0) is 23.4. The fourth-order valence-corrected chi connectivity index (χ4v) is 2.50. The van der Waals surface area contributed by atoms with Crippen LogP contribution < -0.4 is 18.8 Å². The molecule has 0 N–H and O–H groups in total. The molecule has 0 fully saturated rings. The average Bonchev–Trinajstić information content (AvgIpc) is 2.61. The Kier molecular flexibility index (Phi) is 7.61. The molecule has 1 radical (unpaired) electrons. The maximum Gasteiger partial charge on any atom is 0.658 e. The summed E-state index contributed by atoms with van der Waals surface area (Å²) in [4.78, 5) is 0. The third kappa shape index (κ3) is 7.80. The van der Waals surface area contributed by atoms with Crippen molar-refractivity contribution in [2.75, 3.05) is 0 Å². The molecule has 0 amide bonds. The Hall–Kier alpha value is -2.72. The smallest absolute Gasteiger partial charge is 0.524 e. The lowest BCUT2D eigenvalue weighted by atomic mass is 10.0. The van der Waals surface area contributed by atoms with Crippen LogP contribution in [0, 0.1) is 0 Å². The largest absolute Gasteiger partial charge is 0.658 e. The minimum absolute atomic E-state index is 0.0299. The van der Waals surface area contributed by atoms with Gasteiger partial charge in [-0.2, -0.15) is 0 Å². The van der Waals surface area contributed by atoms with Crippen LogP contribution in [0.5, 0.6) is 23.0 Å². The molecule has 0 saturated heterocycles. The van der Waals surface area contributed by atoms with E-state index in [1.165, 1.54) is 24.3 Å². The fraction of sp³-hybridized carbons (Fsp3) is 0.400. The van der Waals surface area contributed by atoms with E-state index in [1.807, 2.05) is 27.7 Å². The Morgan fingerprint density at radius 3 is 1.26 bits per heavy atom. The second-order valence-corrected chi connectivity index (χ2v) is 7.15. The Bertz CT molecular complexity index is 809. The van der Waals surface area contributed by atoms with Gasteiger partial charge in [0.2, 0.25) is 0 Å². The quantitative estimate of drug-likeness (QED) is 0.331.